The number of rotatable bonds is 1. The summed E-state index contributed by atoms with van der Waals surface area (Å²) in [7, 11) is 2.25. The maximum absolute atomic E-state index is 6.49. The molecule has 2 unspecified atom stereocenters. The molecule has 0 aromatic heterocycles. The van der Waals surface area contributed by atoms with Crippen LogP contribution in [0.2, 0.25) is 5.02 Å². The van der Waals surface area contributed by atoms with Crippen molar-refractivity contribution in [1.82, 2.24) is 10.2 Å². The van der Waals surface area contributed by atoms with Gasteiger partial charge >= 0.3 is 0 Å². The highest BCUT2D eigenvalue weighted by atomic mass is 35.5. The number of nitrogens with zero attached hydrogens (tertiary/aromatic N) is 1. The maximum Gasteiger partial charge on any atom is 0.0441 e. The molecular weight excluding hydrogens is 268 g/mol. The number of hydrogen-bond donors (Lipinski definition) is 1. The van der Waals surface area contributed by atoms with Gasteiger partial charge < -0.3 is 10.2 Å². The second-order valence-electron chi connectivity index (χ2n) is 6.55. The highest BCUT2D eigenvalue weighted by Gasteiger charge is 2.42. The Morgan fingerprint density at radius 2 is 2.05 bits per heavy atom. The van der Waals surface area contributed by atoms with E-state index in [1.807, 2.05) is 12.1 Å². The van der Waals surface area contributed by atoms with Gasteiger partial charge in [-0.2, -0.15) is 0 Å². The zero-order valence-electron chi connectivity index (χ0n) is 12.4. The van der Waals surface area contributed by atoms with Gasteiger partial charge in [0.1, 0.15) is 0 Å². The summed E-state index contributed by atoms with van der Waals surface area (Å²) in [5.41, 5.74) is 1.80. The fraction of sp³-hybridized carbons (Fsp3) is 0.647. The first kappa shape index (κ1) is 14.4. The summed E-state index contributed by atoms with van der Waals surface area (Å²) in [6.45, 7) is 4.70. The van der Waals surface area contributed by atoms with Gasteiger partial charge in [-0.05, 0) is 69.4 Å². The van der Waals surface area contributed by atoms with Crippen LogP contribution in [-0.2, 0) is 0 Å². The Labute approximate surface area is 127 Å². The molecule has 0 radical (unpaired) electrons. The van der Waals surface area contributed by atoms with Gasteiger partial charge in [0.25, 0.3) is 0 Å². The molecule has 110 valence electrons. The molecule has 0 amide bonds. The van der Waals surface area contributed by atoms with Crippen molar-refractivity contribution < 1.29 is 0 Å². The fourth-order valence-electron chi connectivity index (χ4n) is 4.12. The third-order valence-corrected chi connectivity index (χ3v) is 5.72. The van der Waals surface area contributed by atoms with E-state index in [4.69, 9.17) is 11.6 Å². The van der Waals surface area contributed by atoms with Crippen molar-refractivity contribution in [2.24, 2.45) is 5.41 Å². The fourth-order valence-corrected chi connectivity index (χ4v) is 4.39. The molecule has 2 nitrogen and oxygen atoms in total. The molecule has 2 heterocycles. The molecule has 2 saturated heterocycles. The zero-order valence-corrected chi connectivity index (χ0v) is 13.1. The average molecular weight is 293 g/mol. The number of halogens is 1. The molecule has 2 aliphatic rings. The summed E-state index contributed by atoms with van der Waals surface area (Å²) >= 11 is 6.49. The van der Waals surface area contributed by atoms with Gasteiger partial charge in [0, 0.05) is 17.5 Å². The molecule has 3 rings (SSSR count). The highest BCUT2D eigenvalue weighted by molar-refractivity contribution is 6.31. The highest BCUT2D eigenvalue weighted by Crippen LogP contribution is 2.49. The van der Waals surface area contributed by atoms with Crippen LogP contribution in [0.4, 0.5) is 0 Å². The van der Waals surface area contributed by atoms with Gasteiger partial charge in [0.2, 0.25) is 0 Å². The molecule has 3 heteroatoms. The predicted molar refractivity (Wildman–Crippen MR) is 85.5 cm³/mol. The molecule has 0 bridgehead atoms. The minimum Gasteiger partial charge on any atom is -0.316 e. The van der Waals surface area contributed by atoms with E-state index in [1.165, 1.54) is 44.3 Å². The zero-order chi connectivity index (χ0) is 14.0. The van der Waals surface area contributed by atoms with Crippen molar-refractivity contribution in [3.8, 4) is 0 Å². The Morgan fingerprint density at radius 3 is 2.90 bits per heavy atom. The van der Waals surface area contributed by atoms with Crippen molar-refractivity contribution in [3.05, 3.63) is 34.9 Å². The van der Waals surface area contributed by atoms with Crippen LogP contribution in [0.1, 0.15) is 37.2 Å². The van der Waals surface area contributed by atoms with Gasteiger partial charge in [-0.15, -0.1) is 0 Å². The SMILES string of the molecule is CN1CCCC2(CCNCC2c2ccccc2Cl)CC1. The lowest BCUT2D eigenvalue weighted by Gasteiger charge is -2.45. The predicted octanol–water partition coefficient (Wildman–Crippen LogP) is 3.52. The molecule has 0 aliphatic carbocycles. The van der Waals surface area contributed by atoms with Crippen LogP contribution in [0, 0.1) is 5.41 Å². The van der Waals surface area contributed by atoms with E-state index in [1.54, 1.807) is 0 Å². The third kappa shape index (κ3) is 2.74. The topological polar surface area (TPSA) is 15.3 Å². The number of benzene rings is 1. The lowest BCUT2D eigenvalue weighted by Crippen LogP contribution is -2.44. The van der Waals surface area contributed by atoms with Gasteiger partial charge in [-0.1, -0.05) is 29.8 Å². The van der Waals surface area contributed by atoms with E-state index in [0.717, 1.165) is 18.1 Å². The molecule has 1 aromatic carbocycles. The Morgan fingerprint density at radius 1 is 1.20 bits per heavy atom. The van der Waals surface area contributed by atoms with Gasteiger partial charge in [-0.3, -0.25) is 0 Å². The molecule has 20 heavy (non-hydrogen) atoms. The average Bonchev–Trinajstić information content (AvgIpc) is 2.64. The largest absolute Gasteiger partial charge is 0.316 e. The van der Waals surface area contributed by atoms with Crippen LogP contribution < -0.4 is 5.32 Å². The van der Waals surface area contributed by atoms with E-state index >= 15 is 0 Å². The van der Waals surface area contributed by atoms with E-state index in [0.29, 0.717) is 11.3 Å². The van der Waals surface area contributed by atoms with E-state index in [2.05, 4.69) is 29.4 Å². The Balaban J connectivity index is 1.92. The quantitative estimate of drug-likeness (QED) is 0.852. The summed E-state index contributed by atoms with van der Waals surface area (Å²) in [6.07, 6.45) is 5.25. The van der Waals surface area contributed by atoms with Gasteiger partial charge in [-0.25, -0.2) is 0 Å². The van der Waals surface area contributed by atoms with Gasteiger partial charge in [0.05, 0.1) is 0 Å². The minimum absolute atomic E-state index is 0.445. The lowest BCUT2D eigenvalue weighted by atomic mass is 9.64. The second-order valence-corrected chi connectivity index (χ2v) is 6.95. The van der Waals surface area contributed by atoms with Crippen molar-refractivity contribution >= 4 is 11.6 Å². The summed E-state index contributed by atoms with van der Waals surface area (Å²) in [4.78, 5) is 2.49. The van der Waals surface area contributed by atoms with Crippen molar-refractivity contribution in [3.63, 3.8) is 0 Å². The normalized spacial score (nSPS) is 32.2. The Bertz CT molecular complexity index is 462. The van der Waals surface area contributed by atoms with Crippen molar-refractivity contribution in [1.29, 1.82) is 0 Å². The van der Waals surface area contributed by atoms with Gasteiger partial charge in [0.15, 0.2) is 0 Å². The van der Waals surface area contributed by atoms with Crippen molar-refractivity contribution in [2.45, 2.75) is 31.6 Å². The Kier molecular flexibility index (Phi) is 4.34. The summed E-state index contributed by atoms with van der Waals surface area (Å²) in [6, 6.07) is 8.44. The molecule has 0 saturated carbocycles. The number of nitrogens with one attached hydrogen (secondary N) is 1. The van der Waals surface area contributed by atoms with Crippen LogP contribution in [-0.4, -0.2) is 38.1 Å². The first-order valence-electron chi connectivity index (χ1n) is 7.85. The molecule has 1 N–H and O–H groups in total. The monoisotopic (exact) mass is 292 g/mol. The maximum atomic E-state index is 6.49. The summed E-state index contributed by atoms with van der Waals surface area (Å²) < 4.78 is 0. The van der Waals surface area contributed by atoms with Crippen molar-refractivity contribution in [2.75, 3.05) is 33.2 Å². The first-order valence-corrected chi connectivity index (χ1v) is 8.23. The molecular formula is C17H25ClN2. The molecule has 2 aliphatic heterocycles. The van der Waals surface area contributed by atoms with E-state index < -0.39 is 0 Å². The molecule has 2 atom stereocenters. The standard InChI is InChI=1S/C17H25ClN2/c1-20-11-4-7-17(9-12-20)8-10-19-13-15(17)14-5-2-3-6-16(14)18/h2-3,5-6,15,19H,4,7-13H2,1H3. The molecule has 1 aromatic rings. The second kappa shape index (κ2) is 6.05. The molecule has 1 spiro atoms. The smallest absolute Gasteiger partial charge is 0.0441 e. The number of hydrogen-bond acceptors (Lipinski definition) is 2. The third-order valence-electron chi connectivity index (χ3n) is 5.37. The summed E-state index contributed by atoms with van der Waals surface area (Å²) in [5.74, 6) is 0.566. The lowest BCUT2D eigenvalue weighted by molar-refractivity contribution is 0.137. The Hall–Kier alpha value is -0.570. The number of piperidine rings is 1. The number of likely N-dealkylation sites (tertiary alicyclic amines) is 1. The van der Waals surface area contributed by atoms with E-state index in [-0.39, 0.29) is 0 Å². The summed E-state index contributed by atoms with van der Waals surface area (Å²) in [5, 5.41) is 4.53. The molecule has 2 fully saturated rings. The van der Waals surface area contributed by atoms with Crippen LogP contribution >= 0.6 is 11.6 Å². The van der Waals surface area contributed by atoms with Crippen LogP contribution in [0.15, 0.2) is 24.3 Å². The van der Waals surface area contributed by atoms with Crippen LogP contribution in [0.3, 0.4) is 0 Å². The minimum atomic E-state index is 0.445. The van der Waals surface area contributed by atoms with E-state index in [9.17, 15) is 0 Å². The first-order chi connectivity index (χ1) is 9.71. The van der Waals surface area contributed by atoms with Crippen LogP contribution in [0.25, 0.3) is 0 Å². The van der Waals surface area contributed by atoms with Crippen LogP contribution in [0.5, 0.6) is 0 Å².